The van der Waals surface area contributed by atoms with Crippen molar-refractivity contribution in [2.75, 3.05) is 63.2 Å². The molecule has 3 saturated heterocycles. The van der Waals surface area contributed by atoms with Gasteiger partial charge in [0, 0.05) is 61.2 Å². The number of benzene rings is 2. The number of halogens is 2. The van der Waals surface area contributed by atoms with Gasteiger partial charge in [-0.1, -0.05) is 39.7 Å². The molecule has 15 heteroatoms. The first-order valence-electron chi connectivity index (χ1n) is 23.2. The van der Waals surface area contributed by atoms with Crippen LogP contribution in [0, 0.1) is 18.6 Å². The monoisotopic (exact) mass is 894 g/mol. The van der Waals surface area contributed by atoms with Gasteiger partial charge in [0.1, 0.15) is 22.3 Å². The van der Waals surface area contributed by atoms with Gasteiger partial charge >= 0.3 is 12.1 Å². The van der Waals surface area contributed by atoms with Gasteiger partial charge < -0.3 is 34.5 Å². The van der Waals surface area contributed by atoms with Crippen molar-refractivity contribution in [2.24, 2.45) is 4.99 Å². The summed E-state index contributed by atoms with van der Waals surface area (Å²) in [5.41, 5.74) is 2.24. The molecule has 1 amide bonds. The number of amidine groups is 1. The number of nitrogens with zero attached hydrogens (tertiary/aromatic N) is 3. The van der Waals surface area contributed by atoms with Crippen molar-refractivity contribution in [1.29, 1.82) is 0 Å². The Labute approximate surface area is 375 Å². The van der Waals surface area contributed by atoms with Crippen LogP contribution in [0.3, 0.4) is 0 Å². The number of morpholine rings is 1. The van der Waals surface area contributed by atoms with E-state index in [1.165, 1.54) is 6.07 Å². The summed E-state index contributed by atoms with van der Waals surface area (Å²) < 4.78 is 57.7. The SMILES string of the molecule is CCOC(=O)CCCCCCN1CCO[C@H](COC2N=C(N3CC4CCC(C3)N4)c3cc(C(C)(CC)CC)c(-c4ccc(F)c5sc(NC(=O)OC(C)(C)C)c(C)c45)c(F)c3N2)C1. The lowest BCUT2D eigenvalue weighted by Gasteiger charge is -2.40. The molecule has 7 rings (SSSR count). The summed E-state index contributed by atoms with van der Waals surface area (Å²) in [6.45, 7) is 20.7. The van der Waals surface area contributed by atoms with E-state index in [0.717, 1.165) is 94.4 Å². The third-order valence-electron chi connectivity index (χ3n) is 13.2. The van der Waals surface area contributed by atoms with Crippen LogP contribution in [0.25, 0.3) is 21.2 Å². The molecule has 1 aromatic heterocycles. The van der Waals surface area contributed by atoms with Gasteiger partial charge in [-0.05, 0) is 114 Å². The number of hydrogen-bond acceptors (Lipinski definition) is 12. The Balaban J connectivity index is 1.20. The summed E-state index contributed by atoms with van der Waals surface area (Å²) in [4.78, 5) is 34.5. The number of carbonyl (C=O) groups excluding carboxylic acids is 2. The lowest BCUT2D eigenvalue weighted by atomic mass is 9.73. The third-order valence-corrected chi connectivity index (χ3v) is 14.4. The van der Waals surface area contributed by atoms with Gasteiger partial charge in [0.15, 0.2) is 5.82 Å². The fourth-order valence-electron chi connectivity index (χ4n) is 9.49. The van der Waals surface area contributed by atoms with Crippen LogP contribution in [0.4, 0.5) is 24.3 Å². The number of carbonyl (C=O) groups is 2. The van der Waals surface area contributed by atoms with E-state index in [0.29, 0.717) is 87.1 Å². The van der Waals surface area contributed by atoms with Crippen molar-refractivity contribution < 1.29 is 37.3 Å². The quantitative estimate of drug-likeness (QED) is 0.0946. The van der Waals surface area contributed by atoms with Crippen molar-refractivity contribution in [3.8, 4) is 11.1 Å². The van der Waals surface area contributed by atoms with Crippen LogP contribution < -0.4 is 16.0 Å². The molecule has 3 fully saturated rings. The van der Waals surface area contributed by atoms with Gasteiger partial charge in [0.2, 0.25) is 6.35 Å². The summed E-state index contributed by atoms with van der Waals surface area (Å²) in [5.74, 6) is -0.312. The van der Waals surface area contributed by atoms with Crippen LogP contribution in [0.15, 0.2) is 23.2 Å². The molecule has 5 heterocycles. The molecule has 2 aromatic carbocycles. The highest BCUT2D eigenvalue weighted by Gasteiger charge is 2.40. The first kappa shape index (κ1) is 47.1. The normalized spacial score (nSPS) is 21.6. The number of anilines is 2. The molecular formula is C48H68F2N6O6S. The van der Waals surface area contributed by atoms with E-state index in [4.69, 9.17) is 23.9 Å². The van der Waals surface area contributed by atoms with Crippen molar-refractivity contribution >= 4 is 50.0 Å². The Morgan fingerprint density at radius 2 is 1.73 bits per heavy atom. The first-order valence-corrected chi connectivity index (χ1v) is 24.0. The summed E-state index contributed by atoms with van der Waals surface area (Å²) in [5, 5.41) is 10.9. The number of nitrogens with one attached hydrogen (secondary N) is 3. The second-order valence-corrected chi connectivity index (χ2v) is 19.9. The molecule has 4 atom stereocenters. The minimum Gasteiger partial charge on any atom is -0.466 e. The van der Waals surface area contributed by atoms with Crippen LogP contribution in [0.1, 0.15) is 123 Å². The highest BCUT2D eigenvalue weighted by atomic mass is 32.1. The molecule has 0 saturated carbocycles. The van der Waals surface area contributed by atoms with Gasteiger partial charge in [0.05, 0.1) is 36.3 Å². The smallest absolute Gasteiger partial charge is 0.412 e. The number of amides is 1. The zero-order chi connectivity index (χ0) is 45.1. The van der Waals surface area contributed by atoms with E-state index in [1.54, 1.807) is 26.8 Å². The number of hydrogen-bond donors (Lipinski definition) is 3. The first-order chi connectivity index (χ1) is 30.1. The molecule has 4 aliphatic heterocycles. The van der Waals surface area contributed by atoms with Gasteiger partial charge in [-0.15, -0.1) is 11.3 Å². The van der Waals surface area contributed by atoms with Crippen LogP contribution in [-0.2, 0) is 29.2 Å². The van der Waals surface area contributed by atoms with E-state index in [-0.39, 0.29) is 18.7 Å². The van der Waals surface area contributed by atoms with Crippen LogP contribution in [0.2, 0.25) is 0 Å². The Morgan fingerprint density at radius 3 is 2.43 bits per heavy atom. The molecule has 346 valence electrons. The minimum atomic E-state index is -0.879. The van der Waals surface area contributed by atoms with Gasteiger partial charge in [-0.2, -0.15) is 0 Å². The summed E-state index contributed by atoms with van der Waals surface area (Å²) in [6, 6.07) is 5.82. The Bertz CT molecular complexity index is 2140. The maximum absolute atomic E-state index is 18.2. The molecule has 0 aliphatic carbocycles. The van der Waals surface area contributed by atoms with Crippen molar-refractivity contribution in [3.05, 3.63) is 46.5 Å². The highest BCUT2D eigenvalue weighted by Crippen LogP contribution is 2.49. The number of piperazine rings is 1. The number of fused-ring (bicyclic) bond motifs is 4. The number of aliphatic imine (C=N–C) groups is 1. The molecule has 0 radical (unpaired) electrons. The lowest BCUT2D eigenvalue weighted by molar-refractivity contribution is -0.143. The average Bonchev–Trinajstić information content (AvgIpc) is 3.77. The summed E-state index contributed by atoms with van der Waals surface area (Å²) in [6.07, 6.45) is 6.30. The predicted octanol–water partition coefficient (Wildman–Crippen LogP) is 9.70. The Kier molecular flexibility index (Phi) is 15.0. The second-order valence-electron chi connectivity index (χ2n) is 18.9. The molecular weight excluding hydrogens is 827 g/mol. The van der Waals surface area contributed by atoms with Crippen LogP contribution in [-0.4, -0.2) is 110 Å². The Hall–Kier alpha value is -3.89. The fourth-order valence-corrected chi connectivity index (χ4v) is 10.6. The molecule has 12 nitrogen and oxygen atoms in total. The number of ether oxygens (including phenoxy) is 4. The lowest BCUT2D eigenvalue weighted by Crippen LogP contribution is -2.54. The van der Waals surface area contributed by atoms with Crippen LogP contribution in [0.5, 0.6) is 0 Å². The number of unbranched alkanes of at least 4 members (excludes halogenated alkanes) is 3. The number of aryl methyl sites for hydroxylation is 1. The van der Waals surface area contributed by atoms with Crippen LogP contribution >= 0.6 is 11.3 Å². The fraction of sp³-hybridized carbons (Fsp3) is 0.646. The standard InChI is InChI=1S/C48H68F2N6O6S/c1-9-48(8,10-2)35-24-34-41(40(50)39(35)33-19-20-36(49)42-38(33)29(4)44(63-42)54-46(58)62-47(5,6)7)52-45(53-43(34)56-25-30-17-18-31(26-56)51-30)61-28-32-27-55(22-23-60-32)21-15-13-12-14-16-37(57)59-11-3/h19-20,24,30-32,45,51-52H,9-18,21-23,25-28H2,1-8H3,(H,54,58)/t30?,31?,32-,45?/m0/s1. The zero-order valence-corrected chi connectivity index (χ0v) is 39.3. The van der Waals surface area contributed by atoms with Crippen molar-refractivity contribution in [3.63, 3.8) is 0 Å². The predicted molar refractivity (Wildman–Crippen MR) is 247 cm³/mol. The summed E-state index contributed by atoms with van der Waals surface area (Å²) >= 11 is 1.12. The molecule has 3 N–H and O–H groups in total. The number of esters is 1. The Morgan fingerprint density at radius 1 is 1.00 bits per heavy atom. The van der Waals surface area contributed by atoms with Crippen molar-refractivity contribution in [2.45, 2.75) is 149 Å². The molecule has 4 aliphatic rings. The van der Waals surface area contributed by atoms with E-state index in [2.05, 4.69) is 52.6 Å². The zero-order valence-electron chi connectivity index (χ0n) is 38.5. The average molecular weight is 895 g/mol. The number of thiophene rings is 1. The third kappa shape index (κ3) is 10.8. The molecule has 3 aromatic rings. The molecule has 63 heavy (non-hydrogen) atoms. The van der Waals surface area contributed by atoms with Gasteiger partial charge in [-0.3, -0.25) is 15.0 Å². The second kappa shape index (κ2) is 20.1. The molecule has 2 bridgehead atoms. The maximum Gasteiger partial charge on any atom is 0.412 e. The van der Waals surface area contributed by atoms with E-state index < -0.39 is 35.1 Å². The summed E-state index contributed by atoms with van der Waals surface area (Å²) in [7, 11) is 0. The van der Waals surface area contributed by atoms with Crippen molar-refractivity contribution in [1.82, 2.24) is 15.1 Å². The van der Waals surface area contributed by atoms with E-state index >= 15 is 8.78 Å². The van der Waals surface area contributed by atoms with E-state index in [1.807, 2.05) is 13.8 Å². The topological polar surface area (TPSA) is 126 Å². The largest absolute Gasteiger partial charge is 0.466 e. The highest BCUT2D eigenvalue weighted by molar-refractivity contribution is 7.23. The number of rotatable bonds is 16. The molecule has 3 unspecified atom stereocenters. The van der Waals surface area contributed by atoms with Gasteiger partial charge in [0.25, 0.3) is 0 Å². The number of likely N-dealkylation sites (tertiary alicyclic amines) is 1. The maximum atomic E-state index is 18.2. The minimum absolute atomic E-state index is 0.128. The van der Waals surface area contributed by atoms with E-state index in [9.17, 15) is 9.59 Å². The molecule has 0 spiro atoms. The van der Waals surface area contributed by atoms with Gasteiger partial charge in [-0.25, -0.2) is 18.6 Å².